The molecule has 0 spiro atoms. The summed E-state index contributed by atoms with van der Waals surface area (Å²) in [6.07, 6.45) is 6.19. The minimum Gasteiger partial charge on any atom is -0.379 e. The van der Waals surface area contributed by atoms with Gasteiger partial charge in [-0.05, 0) is 26.7 Å². The van der Waals surface area contributed by atoms with Crippen LogP contribution in [0.3, 0.4) is 0 Å². The summed E-state index contributed by atoms with van der Waals surface area (Å²) in [6.45, 7) is 8.21. The molecule has 0 unspecified atom stereocenters. The van der Waals surface area contributed by atoms with Gasteiger partial charge in [-0.15, -0.1) is 11.8 Å². The molecule has 0 radical (unpaired) electrons. The Bertz CT molecular complexity index is 573. The molecule has 2 fully saturated rings. The molecule has 1 N–H and O–H groups in total. The third kappa shape index (κ3) is 4.81. The predicted molar refractivity (Wildman–Crippen MR) is 103 cm³/mol. The van der Waals surface area contributed by atoms with Crippen molar-refractivity contribution in [3.63, 3.8) is 0 Å². The maximum Gasteiger partial charge on any atom is 0.230 e. The SMILES string of the molecule is Cc1noc(C)c1CSCC(=O)NCC1(N2CCOCC2)CCCCC1. The first-order valence-electron chi connectivity index (χ1n) is 9.70. The van der Waals surface area contributed by atoms with E-state index in [2.05, 4.69) is 15.4 Å². The molecule has 1 saturated heterocycles. The molecule has 1 amide bonds. The van der Waals surface area contributed by atoms with E-state index in [9.17, 15) is 4.79 Å². The molecule has 2 aliphatic rings. The monoisotopic (exact) mass is 381 g/mol. The van der Waals surface area contributed by atoms with Crippen molar-refractivity contribution in [2.24, 2.45) is 0 Å². The largest absolute Gasteiger partial charge is 0.379 e. The summed E-state index contributed by atoms with van der Waals surface area (Å²) in [4.78, 5) is 15.0. The number of amides is 1. The van der Waals surface area contributed by atoms with Gasteiger partial charge in [-0.25, -0.2) is 0 Å². The van der Waals surface area contributed by atoms with Crippen molar-refractivity contribution < 1.29 is 14.1 Å². The number of hydrogen-bond acceptors (Lipinski definition) is 6. The molecule has 3 rings (SSSR count). The number of thioether (sulfide) groups is 1. The van der Waals surface area contributed by atoms with E-state index in [1.165, 1.54) is 32.1 Å². The number of aromatic nitrogens is 1. The van der Waals surface area contributed by atoms with Crippen LogP contribution in [0.15, 0.2) is 4.52 Å². The van der Waals surface area contributed by atoms with Crippen LogP contribution < -0.4 is 5.32 Å². The van der Waals surface area contributed by atoms with Gasteiger partial charge in [0.15, 0.2) is 0 Å². The van der Waals surface area contributed by atoms with Crippen LogP contribution in [-0.4, -0.2) is 60.1 Å². The van der Waals surface area contributed by atoms with E-state index in [1.54, 1.807) is 11.8 Å². The van der Waals surface area contributed by atoms with Crippen LogP contribution in [0.5, 0.6) is 0 Å². The van der Waals surface area contributed by atoms with Gasteiger partial charge in [0, 0.05) is 36.5 Å². The Morgan fingerprint density at radius 3 is 2.62 bits per heavy atom. The summed E-state index contributed by atoms with van der Waals surface area (Å²) in [5.74, 6) is 2.22. The number of morpholine rings is 1. The van der Waals surface area contributed by atoms with Crippen LogP contribution in [0, 0.1) is 13.8 Å². The second-order valence-electron chi connectivity index (χ2n) is 7.46. The van der Waals surface area contributed by atoms with Gasteiger partial charge in [-0.1, -0.05) is 24.4 Å². The molecule has 1 aliphatic heterocycles. The van der Waals surface area contributed by atoms with E-state index in [0.717, 1.165) is 55.6 Å². The fourth-order valence-corrected chi connectivity index (χ4v) is 5.13. The summed E-state index contributed by atoms with van der Waals surface area (Å²) in [7, 11) is 0. The van der Waals surface area contributed by atoms with Gasteiger partial charge >= 0.3 is 0 Å². The zero-order valence-corrected chi connectivity index (χ0v) is 16.8. The number of nitrogens with one attached hydrogen (secondary N) is 1. The van der Waals surface area contributed by atoms with Crippen molar-refractivity contribution in [2.45, 2.75) is 57.2 Å². The normalized spacial score (nSPS) is 20.8. The quantitative estimate of drug-likeness (QED) is 0.783. The number of aryl methyl sites for hydroxylation is 2. The van der Waals surface area contributed by atoms with Crippen molar-refractivity contribution in [1.29, 1.82) is 0 Å². The van der Waals surface area contributed by atoms with Crippen LogP contribution in [0.25, 0.3) is 0 Å². The lowest BCUT2D eigenvalue weighted by Crippen LogP contribution is -2.59. The van der Waals surface area contributed by atoms with E-state index >= 15 is 0 Å². The molecule has 1 aromatic heterocycles. The lowest BCUT2D eigenvalue weighted by atomic mass is 9.79. The maximum atomic E-state index is 12.4. The van der Waals surface area contributed by atoms with Crippen LogP contribution in [-0.2, 0) is 15.3 Å². The van der Waals surface area contributed by atoms with Gasteiger partial charge in [-0.3, -0.25) is 9.69 Å². The lowest BCUT2D eigenvalue weighted by Gasteiger charge is -2.48. The molecular weight excluding hydrogens is 350 g/mol. The van der Waals surface area contributed by atoms with Crippen molar-refractivity contribution in [1.82, 2.24) is 15.4 Å². The van der Waals surface area contributed by atoms with Crippen LogP contribution in [0.2, 0.25) is 0 Å². The third-order valence-electron chi connectivity index (χ3n) is 5.74. The molecule has 2 heterocycles. The van der Waals surface area contributed by atoms with E-state index in [-0.39, 0.29) is 11.4 Å². The topological polar surface area (TPSA) is 67.6 Å². The number of hydrogen-bond donors (Lipinski definition) is 1. The molecule has 1 saturated carbocycles. The molecule has 6 nitrogen and oxygen atoms in total. The standard InChI is InChI=1S/C19H31N3O3S/c1-15-17(16(2)25-21-15)12-26-13-18(23)20-14-19(6-4-3-5-7-19)22-8-10-24-11-9-22/h3-14H2,1-2H3,(H,20,23). The maximum absolute atomic E-state index is 12.4. The Morgan fingerprint density at radius 2 is 1.96 bits per heavy atom. The average molecular weight is 382 g/mol. The molecule has 146 valence electrons. The van der Waals surface area contributed by atoms with E-state index in [4.69, 9.17) is 9.26 Å². The Kier molecular flexibility index (Phi) is 7.00. The molecule has 0 bridgehead atoms. The van der Waals surface area contributed by atoms with Gasteiger partial charge in [0.2, 0.25) is 5.91 Å². The molecule has 1 aromatic rings. The fourth-order valence-electron chi connectivity index (χ4n) is 4.12. The van der Waals surface area contributed by atoms with E-state index in [0.29, 0.717) is 5.75 Å². The molecular formula is C19H31N3O3S. The number of carbonyl (C=O) groups excluding carboxylic acids is 1. The van der Waals surface area contributed by atoms with Gasteiger partial charge in [-0.2, -0.15) is 0 Å². The highest BCUT2D eigenvalue weighted by Crippen LogP contribution is 2.34. The van der Waals surface area contributed by atoms with Crippen LogP contribution >= 0.6 is 11.8 Å². The number of rotatable bonds is 7. The summed E-state index contributed by atoms with van der Waals surface area (Å²) in [6, 6.07) is 0. The highest BCUT2D eigenvalue weighted by molar-refractivity contribution is 7.99. The first-order valence-corrected chi connectivity index (χ1v) is 10.9. The smallest absolute Gasteiger partial charge is 0.230 e. The highest BCUT2D eigenvalue weighted by Gasteiger charge is 2.38. The van der Waals surface area contributed by atoms with Gasteiger partial charge in [0.25, 0.3) is 0 Å². The number of carbonyl (C=O) groups is 1. The van der Waals surface area contributed by atoms with Gasteiger partial charge < -0.3 is 14.6 Å². The minimum atomic E-state index is 0.125. The molecule has 0 atom stereocenters. The summed E-state index contributed by atoms with van der Waals surface area (Å²) in [5.41, 5.74) is 2.16. The van der Waals surface area contributed by atoms with Crippen molar-refractivity contribution in [3.05, 3.63) is 17.0 Å². The van der Waals surface area contributed by atoms with Crippen molar-refractivity contribution in [2.75, 3.05) is 38.6 Å². The van der Waals surface area contributed by atoms with Crippen molar-refractivity contribution >= 4 is 17.7 Å². The number of ether oxygens (including phenoxy) is 1. The third-order valence-corrected chi connectivity index (χ3v) is 6.70. The minimum absolute atomic E-state index is 0.125. The second-order valence-corrected chi connectivity index (χ2v) is 8.44. The molecule has 7 heteroatoms. The zero-order valence-electron chi connectivity index (χ0n) is 16.0. The summed E-state index contributed by atoms with van der Waals surface area (Å²) in [5, 5.41) is 7.19. The lowest BCUT2D eigenvalue weighted by molar-refractivity contribution is -0.119. The fraction of sp³-hybridized carbons (Fsp3) is 0.789. The molecule has 0 aromatic carbocycles. The number of nitrogens with zero attached hydrogens (tertiary/aromatic N) is 2. The van der Waals surface area contributed by atoms with E-state index in [1.807, 2.05) is 13.8 Å². The average Bonchev–Trinajstić information content (AvgIpc) is 3.00. The Balaban J connectivity index is 1.48. The van der Waals surface area contributed by atoms with Crippen LogP contribution in [0.4, 0.5) is 0 Å². The zero-order chi connectivity index (χ0) is 18.4. The summed E-state index contributed by atoms with van der Waals surface area (Å²) >= 11 is 1.62. The molecule has 26 heavy (non-hydrogen) atoms. The summed E-state index contributed by atoms with van der Waals surface area (Å²) < 4.78 is 10.7. The Morgan fingerprint density at radius 1 is 1.23 bits per heavy atom. The molecule has 1 aliphatic carbocycles. The first kappa shape index (κ1) is 19.7. The Labute approximate surface area is 160 Å². The van der Waals surface area contributed by atoms with Gasteiger partial charge in [0.1, 0.15) is 5.76 Å². The highest BCUT2D eigenvalue weighted by atomic mass is 32.2. The predicted octanol–water partition coefficient (Wildman–Crippen LogP) is 2.68. The van der Waals surface area contributed by atoms with Gasteiger partial charge in [0.05, 0.1) is 24.7 Å². The van der Waals surface area contributed by atoms with Crippen molar-refractivity contribution in [3.8, 4) is 0 Å². The van der Waals surface area contributed by atoms with Crippen LogP contribution in [0.1, 0.15) is 49.1 Å². The Hall–Kier alpha value is -1.05. The second kappa shape index (κ2) is 9.24. The first-order chi connectivity index (χ1) is 12.6. The van der Waals surface area contributed by atoms with E-state index < -0.39 is 0 Å².